The number of nitrogens with zero attached hydrogens (tertiary/aromatic N) is 1. The summed E-state index contributed by atoms with van der Waals surface area (Å²) >= 11 is 1.91. The highest BCUT2D eigenvalue weighted by molar-refractivity contribution is 7.15. The Morgan fingerprint density at radius 2 is 1.30 bits per heavy atom. The second-order valence-electron chi connectivity index (χ2n) is 8.47. The summed E-state index contributed by atoms with van der Waals surface area (Å²) in [4.78, 5) is 4.87. The lowest BCUT2D eigenvalue weighted by Gasteiger charge is -2.03. The molecule has 156 valence electrons. The van der Waals surface area contributed by atoms with Crippen molar-refractivity contribution in [1.29, 1.82) is 0 Å². The molecule has 1 aliphatic rings. The molecule has 0 aromatic carbocycles. The highest BCUT2D eigenvalue weighted by Crippen LogP contribution is 2.29. The molecule has 0 fully saturated rings. The van der Waals surface area contributed by atoms with Crippen LogP contribution in [0, 0.1) is 0 Å². The van der Waals surface area contributed by atoms with Crippen molar-refractivity contribution in [3.63, 3.8) is 0 Å². The smallest absolute Gasteiger partial charge is 0.112 e. The highest BCUT2D eigenvalue weighted by Gasteiger charge is 2.13. The maximum absolute atomic E-state index is 4.87. The van der Waals surface area contributed by atoms with Crippen LogP contribution in [0.4, 0.5) is 5.00 Å². The fraction of sp³-hybridized carbons (Fsp3) is 0.875. The molecule has 1 aliphatic heterocycles. The largest absolute Gasteiger partial charge is 0.375 e. The van der Waals surface area contributed by atoms with Gasteiger partial charge in [-0.25, -0.2) is 4.98 Å². The lowest BCUT2D eigenvalue weighted by Crippen LogP contribution is -1.96. The molecule has 1 N–H and O–H groups in total. The Labute approximate surface area is 172 Å². The van der Waals surface area contributed by atoms with Crippen LogP contribution in [-0.2, 0) is 12.8 Å². The summed E-state index contributed by atoms with van der Waals surface area (Å²) in [5.41, 5.74) is 1.34. The number of hydrogen-bond donors (Lipinski definition) is 1. The molecule has 3 heteroatoms. The van der Waals surface area contributed by atoms with E-state index in [0.717, 1.165) is 6.54 Å². The van der Waals surface area contributed by atoms with Crippen molar-refractivity contribution in [3.8, 4) is 0 Å². The van der Waals surface area contributed by atoms with Gasteiger partial charge in [0.05, 0.1) is 10.7 Å². The second-order valence-corrected chi connectivity index (χ2v) is 9.55. The van der Waals surface area contributed by atoms with Gasteiger partial charge in [0.2, 0.25) is 0 Å². The van der Waals surface area contributed by atoms with Crippen molar-refractivity contribution in [2.45, 2.75) is 129 Å². The standard InChI is InChI=1S/C24H44N2S/c1-2-3-4-5-6-7-8-9-10-11-12-13-14-15-16-20-23-26-22-19-17-18-21-25-24(22)27-23/h25H,2-21H2,1H3. The number of unbranched alkanes of at least 4 members (excludes halogenated alkanes) is 14. The van der Waals surface area contributed by atoms with Gasteiger partial charge in [-0.2, -0.15) is 0 Å². The Bertz CT molecular complexity index is 445. The van der Waals surface area contributed by atoms with Gasteiger partial charge in [0.25, 0.3) is 0 Å². The first-order valence-electron chi connectivity index (χ1n) is 12.1. The second kappa shape index (κ2) is 15.4. The number of fused-ring (bicyclic) bond motifs is 1. The van der Waals surface area contributed by atoms with Gasteiger partial charge in [-0.15, -0.1) is 11.3 Å². The van der Waals surface area contributed by atoms with E-state index in [2.05, 4.69) is 12.2 Å². The van der Waals surface area contributed by atoms with E-state index in [1.807, 2.05) is 11.3 Å². The van der Waals surface area contributed by atoms with Gasteiger partial charge < -0.3 is 5.32 Å². The quantitative estimate of drug-likeness (QED) is 0.286. The van der Waals surface area contributed by atoms with E-state index in [1.165, 1.54) is 138 Å². The van der Waals surface area contributed by atoms with Crippen molar-refractivity contribution >= 4 is 16.3 Å². The summed E-state index contributed by atoms with van der Waals surface area (Å²) in [5.74, 6) is 0. The summed E-state index contributed by atoms with van der Waals surface area (Å²) in [6, 6.07) is 0. The van der Waals surface area contributed by atoms with Crippen LogP contribution in [0.15, 0.2) is 0 Å². The normalized spacial score (nSPS) is 14.0. The molecular weight excluding hydrogens is 348 g/mol. The topological polar surface area (TPSA) is 24.9 Å². The van der Waals surface area contributed by atoms with E-state index < -0.39 is 0 Å². The molecule has 1 aromatic rings. The van der Waals surface area contributed by atoms with Crippen LogP contribution >= 0.6 is 11.3 Å². The fourth-order valence-corrected chi connectivity index (χ4v) is 5.16. The molecule has 2 nitrogen and oxygen atoms in total. The highest BCUT2D eigenvalue weighted by atomic mass is 32.1. The zero-order valence-electron chi connectivity index (χ0n) is 18.0. The Balaban J connectivity index is 1.34. The number of anilines is 1. The van der Waals surface area contributed by atoms with Gasteiger partial charge in [-0.1, -0.05) is 96.8 Å². The SMILES string of the molecule is CCCCCCCCCCCCCCCCCc1nc2c(s1)NCCCC2. The van der Waals surface area contributed by atoms with E-state index in [-0.39, 0.29) is 0 Å². The zero-order valence-corrected chi connectivity index (χ0v) is 18.8. The van der Waals surface area contributed by atoms with Crippen molar-refractivity contribution in [3.05, 3.63) is 10.7 Å². The van der Waals surface area contributed by atoms with Gasteiger partial charge in [0.15, 0.2) is 0 Å². The number of nitrogens with one attached hydrogen (secondary N) is 1. The maximum atomic E-state index is 4.87. The molecule has 2 rings (SSSR count). The minimum atomic E-state index is 1.13. The fourth-order valence-electron chi connectivity index (χ4n) is 4.08. The summed E-state index contributed by atoms with van der Waals surface area (Å²) in [7, 11) is 0. The van der Waals surface area contributed by atoms with Crippen LogP contribution in [0.2, 0.25) is 0 Å². The lowest BCUT2D eigenvalue weighted by atomic mass is 10.0. The number of thiazole rings is 1. The maximum Gasteiger partial charge on any atom is 0.112 e. The Kier molecular flexibility index (Phi) is 12.9. The Morgan fingerprint density at radius 3 is 1.89 bits per heavy atom. The van der Waals surface area contributed by atoms with Crippen molar-refractivity contribution in [2.75, 3.05) is 11.9 Å². The summed E-state index contributed by atoms with van der Waals surface area (Å²) in [6.45, 7) is 3.43. The molecule has 0 atom stereocenters. The molecule has 0 unspecified atom stereocenters. The van der Waals surface area contributed by atoms with Crippen LogP contribution in [0.5, 0.6) is 0 Å². The monoisotopic (exact) mass is 392 g/mol. The third kappa shape index (κ3) is 10.5. The first kappa shape index (κ1) is 22.7. The molecular formula is C24H44N2S. The van der Waals surface area contributed by atoms with Crippen LogP contribution in [0.25, 0.3) is 0 Å². The molecule has 2 heterocycles. The minimum Gasteiger partial charge on any atom is -0.375 e. The first-order chi connectivity index (χ1) is 13.4. The Morgan fingerprint density at radius 1 is 0.741 bits per heavy atom. The van der Waals surface area contributed by atoms with Crippen LogP contribution < -0.4 is 5.32 Å². The minimum absolute atomic E-state index is 1.13. The van der Waals surface area contributed by atoms with E-state index in [1.54, 1.807) is 0 Å². The average Bonchev–Trinajstić information content (AvgIpc) is 2.93. The van der Waals surface area contributed by atoms with Gasteiger partial charge in [0, 0.05) is 6.54 Å². The molecule has 1 aromatic heterocycles. The number of aromatic nitrogens is 1. The third-order valence-electron chi connectivity index (χ3n) is 5.86. The molecule has 0 amide bonds. The van der Waals surface area contributed by atoms with Crippen LogP contribution in [0.1, 0.15) is 127 Å². The van der Waals surface area contributed by atoms with E-state index in [9.17, 15) is 0 Å². The van der Waals surface area contributed by atoms with Gasteiger partial charge in [-0.3, -0.25) is 0 Å². The molecule has 0 spiro atoms. The van der Waals surface area contributed by atoms with Gasteiger partial charge in [0.1, 0.15) is 5.00 Å². The summed E-state index contributed by atoms with van der Waals surface area (Å²) < 4.78 is 0. The van der Waals surface area contributed by atoms with E-state index >= 15 is 0 Å². The van der Waals surface area contributed by atoms with Crippen LogP contribution in [-0.4, -0.2) is 11.5 Å². The third-order valence-corrected chi connectivity index (χ3v) is 6.98. The summed E-state index contributed by atoms with van der Waals surface area (Å²) in [6.07, 6.45) is 26.5. The van der Waals surface area contributed by atoms with E-state index in [4.69, 9.17) is 4.98 Å². The number of hydrogen-bond acceptors (Lipinski definition) is 3. The molecule has 27 heavy (non-hydrogen) atoms. The zero-order chi connectivity index (χ0) is 19.0. The number of aryl methyl sites for hydroxylation is 2. The van der Waals surface area contributed by atoms with Gasteiger partial charge >= 0.3 is 0 Å². The van der Waals surface area contributed by atoms with Crippen molar-refractivity contribution < 1.29 is 0 Å². The lowest BCUT2D eigenvalue weighted by molar-refractivity contribution is 0.532. The predicted molar refractivity (Wildman–Crippen MR) is 122 cm³/mol. The van der Waals surface area contributed by atoms with Crippen molar-refractivity contribution in [2.24, 2.45) is 0 Å². The molecule has 0 radical (unpaired) electrons. The molecule has 0 aliphatic carbocycles. The summed E-state index contributed by atoms with van der Waals surface area (Å²) in [5, 5.41) is 6.28. The Hall–Kier alpha value is -0.570. The van der Waals surface area contributed by atoms with E-state index in [0.29, 0.717) is 0 Å². The predicted octanol–water partition coefficient (Wildman–Crippen LogP) is 8.31. The van der Waals surface area contributed by atoms with Gasteiger partial charge in [-0.05, 0) is 32.1 Å². The average molecular weight is 393 g/mol. The molecule has 0 bridgehead atoms. The molecule has 0 saturated heterocycles. The van der Waals surface area contributed by atoms with Crippen LogP contribution in [0.3, 0.4) is 0 Å². The van der Waals surface area contributed by atoms with Crippen molar-refractivity contribution in [1.82, 2.24) is 4.98 Å². The first-order valence-corrected chi connectivity index (χ1v) is 12.9. The number of rotatable bonds is 16. The molecule has 0 saturated carbocycles.